The number of carboxylic acids is 1. The van der Waals surface area contributed by atoms with Gasteiger partial charge in [-0.2, -0.15) is 0 Å². The Morgan fingerprint density at radius 2 is 2.00 bits per heavy atom. The highest BCUT2D eigenvalue weighted by Gasteiger charge is 2.09. The summed E-state index contributed by atoms with van der Waals surface area (Å²) in [4.78, 5) is 21.8. The first-order valence-electron chi connectivity index (χ1n) is 7.00. The number of hydrogen-bond acceptors (Lipinski definition) is 3. The zero-order valence-corrected chi connectivity index (χ0v) is 11.7. The lowest BCUT2D eigenvalue weighted by Crippen LogP contribution is -2.30. The monoisotopic (exact) mass is 270 g/mol. The Balaban J connectivity index is 3.45. The molecule has 0 rings (SSSR count). The lowest BCUT2D eigenvalue weighted by atomic mass is 10.1. The van der Waals surface area contributed by atoms with Crippen molar-refractivity contribution in [2.75, 3.05) is 6.54 Å². The van der Waals surface area contributed by atoms with E-state index in [1.165, 1.54) is 12.8 Å². The fraction of sp³-hybridized carbons (Fsp3) is 0.714. The van der Waals surface area contributed by atoms with E-state index in [1.807, 2.05) is 6.08 Å². The first-order valence-corrected chi connectivity index (χ1v) is 7.00. The van der Waals surface area contributed by atoms with Gasteiger partial charge in [0.2, 0.25) is 5.91 Å². The number of hydrogen-bond donors (Lipinski definition) is 3. The highest BCUT2D eigenvalue weighted by molar-refractivity contribution is 5.87. The number of rotatable bonds is 11. The van der Waals surface area contributed by atoms with Crippen molar-refractivity contribution in [2.45, 2.75) is 57.9 Å². The normalized spacial score (nSPS) is 12.5. The summed E-state index contributed by atoms with van der Waals surface area (Å²) in [5, 5.41) is 11.3. The van der Waals surface area contributed by atoms with E-state index in [0.717, 1.165) is 19.3 Å². The van der Waals surface area contributed by atoms with Crippen LogP contribution in [0.15, 0.2) is 12.2 Å². The van der Waals surface area contributed by atoms with Crippen LogP contribution in [-0.4, -0.2) is 29.6 Å². The van der Waals surface area contributed by atoms with E-state index >= 15 is 0 Å². The van der Waals surface area contributed by atoms with Gasteiger partial charge in [0.15, 0.2) is 0 Å². The number of allylic oxidation sites excluding steroid dienone is 1. The van der Waals surface area contributed by atoms with E-state index in [4.69, 9.17) is 10.8 Å². The quantitative estimate of drug-likeness (QED) is 0.394. The van der Waals surface area contributed by atoms with Crippen molar-refractivity contribution < 1.29 is 14.7 Å². The fourth-order valence-corrected chi connectivity index (χ4v) is 1.59. The number of nitrogens with two attached hydrogens (primary N) is 1. The highest BCUT2D eigenvalue weighted by atomic mass is 16.4. The summed E-state index contributed by atoms with van der Waals surface area (Å²) in [6, 6.07) is -0.797. The molecule has 0 aromatic heterocycles. The molecular weight excluding hydrogens is 244 g/mol. The standard InChI is InChI=1S/C14H26N2O3/c1-2-3-4-5-6-10-13(17)16-11-8-7-9-12(15)14(18)19/h6,10,12H,2-5,7-9,11,15H2,1H3,(H,16,17)(H,18,19)/b10-6+/t12-/m0/s1. The van der Waals surface area contributed by atoms with Crippen LogP contribution in [0.5, 0.6) is 0 Å². The van der Waals surface area contributed by atoms with Gasteiger partial charge in [-0.05, 0) is 38.2 Å². The first kappa shape index (κ1) is 17.6. The lowest BCUT2D eigenvalue weighted by Gasteiger charge is -2.06. The maximum atomic E-state index is 11.4. The van der Waals surface area contributed by atoms with Crippen molar-refractivity contribution in [1.29, 1.82) is 0 Å². The molecular formula is C14H26N2O3. The van der Waals surface area contributed by atoms with E-state index in [-0.39, 0.29) is 5.91 Å². The predicted molar refractivity (Wildman–Crippen MR) is 75.8 cm³/mol. The third kappa shape index (κ3) is 11.5. The Morgan fingerprint density at radius 3 is 2.63 bits per heavy atom. The molecule has 0 saturated heterocycles. The van der Waals surface area contributed by atoms with Crippen molar-refractivity contribution in [3.8, 4) is 0 Å². The number of nitrogens with one attached hydrogen (secondary N) is 1. The summed E-state index contributed by atoms with van der Waals surface area (Å²) in [5.74, 6) is -1.06. The van der Waals surface area contributed by atoms with Crippen molar-refractivity contribution in [3.05, 3.63) is 12.2 Å². The molecule has 4 N–H and O–H groups in total. The molecule has 1 amide bonds. The van der Waals surface area contributed by atoms with Crippen LogP contribution in [0.3, 0.4) is 0 Å². The average Bonchev–Trinajstić information content (AvgIpc) is 2.37. The Bertz CT molecular complexity index is 290. The van der Waals surface area contributed by atoms with Crippen molar-refractivity contribution in [3.63, 3.8) is 0 Å². The summed E-state index contributed by atoms with van der Waals surface area (Å²) in [5.41, 5.74) is 5.37. The molecule has 0 aromatic rings. The molecule has 0 aliphatic carbocycles. The number of carbonyl (C=O) groups is 2. The van der Waals surface area contributed by atoms with Crippen LogP contribution in [0.25, 0.3) is 0 Å². The third-order valence-corrected chi connectivity index (χ3v) is 2.80. The van der Waals surface area contributed by atoms with Crippen LogP contribution >= 0.6 is 0 Å². The zero-order valence-electron chi connectivity index (χ0n) is 11.7. The summed E-state index contributed by atoms with van der Waals surface area (Å²) in [6.45, 7) is 2.71. The molecule has 5 heteroatoms. The predicted octanol–water partition coefficient (Wildman–Crippen LogP) is 1.82. The Labute approximate surface area is 115 Å². The molecule has 0 fully saturated rings. The van der Waals surface area contributed by atoms with Gasteiger partial charge in [0.05, 0.1) is 0 Å². The van der Waals surface area contributed by atoms with Gasteiger partial charge in [-0.3, -0.25) is 9.59 Å². The summed E-state index contributed by atoms with van der Waals surface area (Å²) < 4.78 is 0. The molecule has 0 radical (unpaired) electrons. The molecule has 5 nitrogen and oxygen atoms in total. The summed E-state index contributed by atoms with van der Waals surface area (Å²) in [6.07, 6.45) is 9.78. The second kappa shape index (κ2) is 11.7. The Morgan fingerprint density at radius 1 is 1.26 bits per heavy atom. The van der Waals surface area contributed by atoms with Crippen LogP contribution in [0.2, 0.25) is 0 Å². The number of aliphatic carboxylic acids is 1. The van der Waals surface area contributed by atoms with E-state index < -0.39 is 12.0 Å². The maximum absolute atomic E-state index is 11.4. The summed E-state index contributed by atoms with van der Waals surface area (Å²) in [7, 11) is 0. The number of unbranched alkanes of at least 4 members (excludes halogenated alkanes) is 4. The SMILES string of the molecule is CCCCC/C=C/C(=O)NCCCC[C@H](N)C(=O)O. The topological polar surface area (TPSA) is 92.4 Å². The first-order chi connectivity index (χ1) is 9.07. The van der Waals surface area contributed by atoms with Gasteiger partial charge in [-0.25, -0.2) is 0 Å². The smallest absolute Gasteiger partial charge is 0.320 e. The molecule has 0 bridgehead atoms. The maximum Gasteiger partial charge on any atom is 0.320 e. The van der Waals surface area contributed by atoms with Gasteiger partial charge in [0.25, 0.3) is 0 Å². The number of carboxylic acid groups (broad SMARTS) is 1. The van der Waals surface area contributed by atoms with Gasteiger partial charge in [-0.15, -0.1) is 0 Å². The van der Waals surface area contributed by atoms with Gasteiger partial charge < -0.3 is 16.2 Å². The van der Waals surface area contributed by atoms with Crippen LogP contribution in [0, 0.1) is 0 Å². The average molecular weight is 270 g/mol. The van der Waals surface area contributed by atoms with Crippen LogP contribution < -0.4 is 11.1 Å². The van der Waals surface area contributed by atoms with Gasteiger partial charge in [0.1, 0.15) is 6.04 Å². The van der Waals surface area contributed by atoms with E-state index in [1.54, 1.807) is 6.08 Å². The van der Waals surface area contributed by atoms with Crippen molar-refractivity contribution >= 4 is 11.9 Å². The molecule has 0 aliphatic heterocycles. The van der Waals surface area contributed by atoms with Crippen molar-refractivity contribution in [2.24, 2.45) is 5.73 Å². The highest BCUT2D eigenvalue weighted by Crippen LogP contribution is 2.00. The van der Waals surface area contributed by atoms with E-state index in [9.17, 15) is 9.59 Å². The van der Waals surface area contributed by atoms with Crippen LogP contribution in [0.1, 0.15) is 51.9 Å². The zero-order chi connectivity index (χ0) is 14.5. The second-order valence-corrected chi connectivity index (χ2v) is 4.63. The summed E-state index contributed by atoms with van der Waals surface area (Å²) >= 11 is 0. The molecule has 1 atom stereocenters. The molecule has 0 saturated carbocycles. The molecule has 19 heavy (non-hydrogen) atoms. The minimum Gasteiger partial charge on any atom is -0.480 e. The molecule has 0 aromatic carbocycles. The Kier molecular flexibility index (Phi) is 10.9. The van der Waals surface area contributed by atoms with Gasteiger partial charge >= 0.3 is 5.97 Å². The minimum atomic E-state index is -0.973. The van der Waals surface area contributed by atoms with Crippen LogP contribution in [0.4, 0.5) is 0 Å². The number of amides is 1. The lowest BCUT2D eigenvalue weighted by molar-refractivity contribution is -0.138. The fourth-order valence-electron chi connectivity index (χ4n) is 1.59. The van der Waals surface area contributed by atoms with Gasteiger partial charge in [-0.1, -0.05) is 25.8 Å². The molecule has 0 aliphatic rings. The van der Waals surface area contributed by atoms with Crippen molar-refractivity contribution in [1.82, 2.24) is 5.32 Å². The molecule has 0 unspecified atom stereocenters. The van der Waals surface area contributed by atoms with Crippen LogP contribution in [-0.2, 0) is 9.59 Å². The van der Waals surface area contributed by atoms with Gasteiger partial charge in [0, 0.05) is 6.54 Å². The number of carbonyl (C=O) groups excluding carboxylic acids is 1. The minimum absolute atomic E-state index is 0.0842. The largest absolute Gasteiger partial charge is 0.480 e. The Hall–Kier alpha value is -1.36. The molecule has 0 spiro atoms. The van der Waals surface area contributed by atoms with E-state index in [0.29, 0.717) is 19.4 Å². The molecule has 110 valence electrons. The second-order valence-electron chi connectivity index (χ2n) is 4.63. The van der Waals surface area contributed by atoms with E-state index in [2.05, 4.69) is 12.2 Å². The molecule has 0 heterocycles. The third-order valence-electron chi connectivity index (χ3n) is 2.80.